The summed E-state index contributed by atoms with van der Waals surface area (Å²) < 4.78 is 2.09. The number of aromatic nitrogens is 3. The van der Waals surface area contributed by atoms with E-state index in [1.54, 1.807) is 11.9 Å². The number of nitrogens with zero attached hydrogens (tertiary/aromatic N) is 4. The van der Waals surface area contributed by atoms with Gasteiger partial charge in [-0.05, 0) is 18.1 Å². The normalized spacial score (nSPS) is 18.7. The van der Waals surface area contributed by atoms with Crippen LogP contribution in [0.1, 0.15) is 36.0 Å². The van der Waals surface area contributed by atoms with Crippen LogP contribution in [0.15, 0.2) is 24.3 Å². The second-order valence-corrected chi connectivity index (χ2v) is 6.37. The number of benzene rings is 1. The van der Waals surface area contributed by atoms with E-state index >= 15 is 0 Å². The molecule has 2 aliphatic rings. The van der Waals surface area contributed by atoms with Crippen LogP contribution in [-0.4, -0.2) is 38.5 Å². The minimum absolute atomic E-state index is 0.0624. The number of fused-ring (bicyclic) bond motifs is 2. The Labute approximate surface area is 139 Å². The van der Waals surface area contributed by atoms with Crippen molar-refractivity contribution in [1.82, 2.24) is 19.7 Å². The molecular weight excluding hydrogens is 306 g/mol. The Kier molecular flexibility index (Phi) is 3.55. The van der Waals surface area contributed by atoms with Gasteiger partial charge in [0.2, 0.25) is 11.8 Å². The number of carbonyl (C=O) groups excluding carboxylic acids is 2. The van der Waals surface area contributed by atoms with E-state index in [0.29, 0.717) is 6.54 Å². The second-order valence-electron chi connectivity index (χ2n) is 6.37. The SMILES string of the molecule is CN(Cc1nnc2n1CCC2)C(=O)[C@@H]1CC(=O)Nc2ccccc21. The fraction of sp³-hybridized carbons (Fsp3) is 0.412. The van der Waals surface area contributed by atoms with Gasteiger partial charge in [-0.2, -0.15) is 0 Å². The van der Waals surface area contributed by atoms with Crippen molar-refractivity contribution < 1.29 is 9.59 Å². The van der Waals surface area contributed by atoms with Crippen molar-refractivity contribution in [2.24, 2.45) is 0 Å². The molecule has 2 aromatic rings. The van der Waals surface area contributed by atoms with E-state index in [2.05, 4.69) is 20.1 Å². The summed E-state index contributed by atoms with van der Waals surface area (Å²) >= 11 is 0. The number of rotatable bonds is 3. The highest BCUT2D eigenvalue weighted by molar-refractivity contribution is 6.01. The highest BCUT2D eigenvalue weighted by atomic mass is 16.2. The summed E-state index contributed by atoms with van der Waals surface area (Å²) in [5.74, 6) is 1.18. The Morgan fingerprint density at radius 2 is 2.21 bits per heavy atom. The molecule has 0 saturated carbocycles. The minimum atomic E-state index is -0.444. The van der Waals surface area contributed by atoms with Gasteiger partial charge in [-0.25, -0.2) is 0 Å². The van der Waals surface area contributed by atoms with Crippen molar-refractivity contribution in [3.63, 3.8) is 0 Å². The Morgan fingerprint density at radius 1 is 1.38 bits per heavy atom. The highest BCUT2D eigenvalue weighted by Crippen LogP contribution is 2.33. The molecule has 0 radical (unpaired) electrons. The summed E-state index contributed by atoms with van der Waals surface area (Å²) in [7, 11) is 1.76. The molecule has 2 amide bonds. The first-order valence-electron chi connectivity index (χ1n) is 8.18. The first kappa shape index (κ1) is 14.9. The van der Waals surface area contributed by atoms with E-state index in [4.69, 9.17) is 0 Å². The fourth-order valence-electron chi connectivity index (χ4n) is 3.52. The number of carbonyl (C=O) groups is 2. The van der Waals surface area contributed by atoms with Crippen molar-refractivity contribution in [1.29, 1.82) is 0 Å². The number of likely N-dealkylation sites (N-methyl/N-ethyl adjacent to an activating group) is 1. The predicted molar refractivity (Wildman–Crippen MR) is 87.2 cm³/mol. The van der Waals surface area contributed by atoms with Gasteiger partial charge in [0.25, 0.3) is 0 Å². The standard InChI is InChI=1S/C17H19N5O2/c1-21(10-15-20-19-14-7-4-8-22(14)15)17(24)12-9-16(23)18-13-6-3-2-5-11(12)13/h2-3,5-6,12H,4,7-10H2,1H3,(H,18,23)/t12-/m1/s1. The molecule has 24 heavy (non-hydrogen) atoms. The zero-order chi connectivity index (χ0) is 16.7. The van der Waals surface area contributed by atoms with Gasteiger partial charge in [0.1, 0.15) is 5.82 Å². The topological polar surface area (TPSA) is 80.1 Å². The smallest absolute Gasteiger partial charge is 0.230 e. The highest BCUT2D eigenvalue weighted by Gasteiger charge is 2.32. The molecule has 1 atom stereocenters. The van der Waals surface area contributed by atoms with Crippen LogP contribution < -0.4 is 5.32 Å². The molecule has 0 spiro atoms. The van der Waals surface area contributed by atoms with Gasteiger partial charge in [-0.1, -0.05) is 18.2 Å². The van der Waals surface area contributed by atoms with Crippen LogP contribution >= 0.6 is 0 Å². The molecule has 3 heterocycles. The molecule has 1 N–H and O–H groups in total. The van der Waals surface area contributed by atoms with Gasteiger partial charge < -0.3 is 14.8 Å². The van der Waals surface area contributed by atoms with Crippen molar-refractivity contribution in [2.75, 3.05) is 12.4 Å². The van der Waals surface area contributed by atoms with Crippen LogP contribution in [0.2, 0.25) is 0 Å². The first-order chi connectivity index (χ1) is 11.6. The van der Waals surface area contributed by atoms with E-state index in [9.17, 15) is 9.59 Å². The van der Waals surface area contributed by atoms with Crippen LogP contribution in [0.25, 0.3) is 0 Å². The molecule has 1 aromatic heterocycles. The summed E-state index contributed by atoms with van der Waals surface area (Å²) in [6.07, 6.45) is 2.20. The quantitative estimate of drug-likeness (QED) is 0.923. The largest absolute Gasteiger partial charge is 0.338 e. The van der Waals surface area contributed by atoms with E-state index in [1.807, 2.05) is 24.3 Å². The van der Waals surface area contributed by atoms with E-state index < -0.39 is 5.92 Å². The van der Waals surface area contributed by atoms with Crippen molar-refractivity contribution >= 4 is 17.5 Å². The van der Waals surface area contributed by atoms with Crippen molar-refractivity contribution in [2.45, 2.75) is 38.3 Å². The summed E-state index contributed by atoms with van der Waals surface area (Å²) in [5.41, 5.74) is 1.60. The van der Waals surface area contributed by atoms with Crippen LogP contribution in [-0.2, 0) is 29.1 Å². The number of anilines is 1. The number of hydrogen-bond acceptors (Lipinski definition) is 4. The predicted octanol–water partition coefficient (Wildman–Crippen LogP) is 1.31. The summed E-state index contributed by atoms with van der Waals surface area (Å²) in [5, 5.41) is 11.2. The lowest BCUT2D eigenvalue weighted by atomic mass is 9.89. The molecular formula is C17H19N5O2. The fourth-order valence-corrected chi connectivity index (χ4v) is 3.52. The molecule has 124 valence electrons. The molecule has 1 aromatic carbocycles. The third-order valence-corrected chi connectivity index (χ3v) is 4.74. The van der Waals surface area contributed by atoms with Gasteiger partial charge in [-0.15, -0.1) is 10.2 Å². The number of aryl methyl sites for hydroxylation is 1. The minimum Gasteiger partial charge on any atom is -0.338 e. The number of nitrogens with one attached hydrogen (secondary N) is 1. The molecule has 7 heteroatoms. The van der Waals surface area contributed by atoms with E-state index in [1.165, 1.54) is 0 Å². The molecule has 7 nitrogen and oxygen atoms in total. The average molecular weight is 325 g/mol. The van der Waals surface area contributed by atoms with Crippen LogP contribution in [0.4, 0.5) is 5.69 Å². The van der Waals surface area contributed by atoms with E-state index in [-0.39, 0.29) is 18.2 Å². The third kappa shape index (κ3) is 2.46. The van der Waals surface area contributed by atoms with Gasteiger partial charge in [0.15, 0.2) is 5.82 Å². The summed E-state index contributed by atoms with van der Waals surface area (Å²) in [4.78, 5) is 26.5. The molecule has 2 aliphatic heterocycles. The van der Waals surface area contributed by atoms with Gasteiger partial charge in [0, 0.05) is 32.1 Å². The molecule has 0 aliphatic carbocycles. The third-order valence-electron chi connectivity index (χ3n) is 4.74. The Bertz CT molecular complexity index is 813. The second kappa shape index (κ2) is 5.74. The Balaban J connectivity index is 1.56. The lowest BCUT2D eigenvalue weighted by molar-refractivity contribution is -0.134. The lowest BCUT2D eigenvalue weighted by Gasteiger charge is -2.28. The van der Waals surface area contributed by atoms with Crippen molar-refractivity contribution in [3.05, 3.63) is 41.5 Å². The molecule has 4 rings (SSSR count). The van der Waals surface area contributed by atoms with Crippen LogP contribution in [0.3, 0.4) is 0 Å². The molecule has 0 fully saturated rings. The van der Waals surface area contributed by atoms with Gasteiger partial charge in [-0.3, -0.25) is 9.59 Å². The Hall–Kier alpha value is -2.70. The number of para-hydroxylation sites is 1. The summed E-state index contributed by atoms with van der Waals surface area (Å²) in [6.45, 7) is 1.32. The molecule has 0 unspecified atom stereocenters. The van der Waals surface area contributed by atoms with Gasteiger partial charge >= 0.3 is 0 Å². The number of hydrogen-bond donors (Lipinski definition) is 1. The summed E-state index contributed by atoms with van der Waals surface area (Å²) in [6, 6.07) is 7.48. The maximum absolute atomic E-state index is 12.9. The zero-order valence-electron chi connectivity index (χ0n) is 13.5. The maximum Gasteiger partial charge on any atom is 0.230 e. The van der Waals surface area contributed by atoms with Crippen molar-refractivity contribution in [3.8, 4) is 0 Å². The molecule has 0 saturated heterocycles. The Morgan fingerprint density at radius 3 is 3.08 bits per heavy atom. The lowest BCUT2D eigenvalue weighted by Crippen LogP contribution is -2.36. The maximum atomic E-state index is 12.9. The number of amides is 2. The van der Waals surface area contributed by atoms with E-state index in [0.717, 1.165) is 42.3 Å². The molecule has 0 bridgehead atoms. The van der Waals surface area contributed by atoms with Gasteiger partial charge in [0.05, 0.1) is 12.5 Å². The zero-order valence-corrected chi connectivity index (χ0v) is 13.5. The monoisotopic (exact) mass is 325 g/mol. The van der Waals surface area contributed by atoms with Crippen LogP contribution in [0.5, 0.6) is 0 Å². The average Bonchev–Trinajstić information content (AvgIpc) is 3.18. The first-order valence-corrected chi connectivity index (χ1v) is 8.18. The van der Waals surface area contributed by atoms with Crippen LogP contribution in [0, 0.1) is 0 Å².